The van der Waals surface area contributed by atoms with E-state index < -0.39 is 0 Å². The van der Waals surface area contributed by atoms with Gasteiger partial charge in [0.15, 0.2) is 11.9 Å². The van der Waals surface area contributed by atoms with Gasteiger partial charge in [0.1, 0.15) is 5.75 Å². The van der Waals surface area contributed by atoms with E-state index in [9.17, 15) is 0 Å². The fraction of sp³-hybridized carbons (Fsp3) is 0.235. The van der Waals surface area contributed by atoms with Gasteiger partial charge in [-0.1, -0.05) is 24.3 Å². The maximum atomic E-state index is 6.01. The van der Waals surface area contributed by atoms with E-state index in [1.54, 1.807) is 0 Å². The minimum Gasteiger partial charge on any atom is -0.483 e. The molecular formula is C17H18N2O. The zero-order chi connectivity index (χ0) is 14.1. The van der Waals surface area contributed by atoms with Gasteiger partial charge in [-0.15, -0.1) is 0 Å². The summed E-state index contributed by atoms with van der Waals surface area (Å²) in [5.41, 5.74) is 3.33. The first-order valence-electron chi connectivity index (χ1n) is 6.80. The third-order valence-electron chi connectivity index (χ3n) is 3.49. The molecule has 1 atom stereocenters. The highest BCUT2D eigenvalue weighted by atomic mass is 16.5. The highest BCUT2D eigenvalue weighted by molar-refractivity contribution is 5.75. The quantitative estimate of drug-likeness (QED) is 0.716. The van der Waals surface area contributed by atoms with Crippen LogP contribution in [-0.2, 0) is 7.05 Å². The van der Waals surface area contributed by atoms with Crippen LogP contribution in [-0.4, -0.2) is 9.55 Å². The molecule has 3 rings (SSSR count). The molecule has 3 aromatic rings. The van der Waals surface area contributed by atoms with Gasteiger partial charge >= 0.3 is 0 Å². The third-order valence-corrected chi connectivity index (χ3v) is 3.49. The van der Waals surface area contributed by atoms with Crippen molar-refractivity contribution in [2.75, 3.05) is 0 Å². The van der Waals surface area contributed by atoms with Gasteiger partial charge in [-0.05, 0) is 43.7 Å². The Labute approximate surface area is 118 Å². The van der Waals surface area contributed by atoms with Crippen molar-refractivity contribution in [3.05, 3.63) is 59.9 Å². The number of rotatable bonds is 3. The van der Waals surface area contributed by atoms with Gasteiger partial charge in [0.25, 0.3) is 0 Å². The molecule has 2 aromatic carbocycles. The molecule has 0 fully saturated rings. The van der Waals surface area contributed by atoms with Gasteiger partial charge in [-0.25, -0.2) is 4.98 Å². The topological polar surface area (TPSA) is 27.1 Å². The Balaban J connectivity index is 1.92. The first-order valence-corrected chi connectivity index (χ1v) is 6.80. The summed E-state index contributed by atoms with van der Waals surface area (Å²) in [5, 5.41) is 0. The second-order valence-corrected chi connectivity index (χ2v) is 5.09. The largest absolute Gasteiger partial charge is 0.483 e. The monoisotopic (exact) mass is 266 g/mol. The van der Waals surface area contributed by atoms with Gasteiger partial charge in [0, 0.05) is 7.05 Å². The lowest BCUT2D eigenvalue weighted by molar-refractivity contribution is 0.213. The normalized spacial score (nSPS) is 12.6. The van der Waals surface area contributed by atoms with Crippen LogP contribution < -0.4 is 4.74 Å². The summed E-state index contributed by atoms with van der Waals surface area (Å²) in [6.07, 6.45) is -0.0887. The van der Waals surface area contributed by atoms with E-state index in [0.29, 0.717) is 0 Å². The number of benzene rings is 2. The fourth-order valence-electron chi connectivity index (χ4n) is 2.47. The molecular weight excluding hydrogens is 248 g/mol. The number of hydrogen-bond donors (Lipinski definition) is 0. The van der Waals surface area contributed by atoms with Gasteiger partial charge < -0.3 is 9.30 Å². The van der Waals surface area contributed by atoms with Crippen LogP contribution in [0.4, 0.5) is 0 Å². The van der Waals surface area contributed by atoms with Crippen molar-refractivity contribution in [3.63, 3.8) is 0 Å². The smallest absolute Gasteiger partial charge is 0.153 e. The molecule has 3 heteroatoms. The van der Waals surface area contributed by atoms with E-state index in [0.717, 1.165) is 22.6 Å². The molecule has 1 aromatic heterocycles. The second kappa shape index (κ2) is 5.00. The summed E-state index contributed by atoms with van der Waals surface area (Å²) >= 11 is 0. The predicted molar refractivity (Wildman–Crippen MR) is 80.9 cm³/mol. The van der Waals surface area contributed by atoms with E-state index >= 15 is 0 Å². The Hall–Kier alpha value is -2.29. The zero-order valence-electron chi connectivity index (χ0n) is 12.0. The molecule has 0 N–H and O–H groups in total. The van der Waals surface area contributed by atoms with Crippen LogP contribution in [0.25, 0.3) is 11.0 Å². The summed E-state index contributed by atoms with van der Waals surface area (Å²) in [6, 6.07) is 16.2. The summed E-state index contributed by atoms with van der Waals surface area (Å²) < 4.78 is 8.10. The molecule has 0 bridgehead atoms. The SMILES string of the molecule is Cc1cccc(O[C@@H](C)c2nc3ccccc3n2C)c1. The molecule has 0 unspecified atom stereocenters. The molecule has 0 saturated carbocycles. The predicted octanol–water partition coefficient (Wildman–Crippen LogP) is 4.02. The average Bonchev–Trinajstić information content (AvgIpc) is 2.77. The van der Waals surface area contributed by atoms with Gasteiger partial charge in [0.2, 0.25) is 0 Å². The molecule has 1 heterocycles. The van der Waals surface area contributed by atoms with Crippen LogP contribution in [0.15, 0.2) is 48.5 Å². The average molecular weight is 266 g/mol. The molecule has 0 amide bonds. The first-order chi connectivity index (χ1) is 9.65. The van der Waals surface area contributed by atoms with Crippen molar-refractivity contribution in [2.24, 2.45) is 7.05 Å². The Morgan fingerprint density at radius 2 is 1.90 bits per heavy atom. The Kier molecular flexibility index (Phi) is 3.18. The van der Waals surface area contributed by atoms with E-state index in [-0.39, 0.29) is 6.10 Å². The van der Waals surface area contributed by atoms with E-state index in [1.807, 2.05) is 50.4 Å². The summed E-state index contributed by atoms with van der Waals surface area (Å²) in [6.45, 7) is 4.09. The summed E-state index contributed by atoms with van der Waals surface area (Å²) in [7, 11) is 2.03. The second-order valence-electron chi connectivity index (χ2n) is 5.09. The van der Waals surface area contributed by atoms with Crippen molar-refractivity contribution in [2.45, 2.75) is 20.0 Å². The Bertz CT molecular complexity index is 746. The van der Waals surface area contributed by atoms with Gasteiger partial charge in [-0.2, -0.15) is 0 Å². The maximum absolute atomic E-state index is 6.01. The molecule has 0 saturated heterocycles. The lowest BCUT2D eigenvalue weighted by Crippen LogP contribution is -2.09. The first kappa shape index (κ1) is 12.7. The molecule has 0 aliphatic heterocycles. The number of aryl methyl sites for hydroxylation is 2. The summed E-state index contributed by atoms with van der Waals surface area (Å²) in [5.74, 6) is 1.82. The lowest BCUT2D eigenvalue weighted by Gasteiger charge is -2.15. The number of para-hydroxylation sites is 2. The number of imidazole rings is 1. The van der Waals surface area contributed by atoms with Crippen LogP contribution in [0.1, 0.15) is 24.4 Å². The van der Waals surface area contributed by atoms with Crippen LogP contribution >= 0.6 is 0 Å². The van der Waals surface area contributed by atoms with Crippen LogP contribution in [0.2, 0.25) is 0 Å². The third kappa shape index (κ3) is 2.27. The van der Waals surface area contributed by atoms with E-state index in [2.05, 4.69) is 28.6 Å². The molecule has 0 spiro atoms. The Morgan fingerprint density at radius 1 is 1.10 bits per heavy atom. The number of nitrogens with zero attached hydrogens (tertiary/aromatic N) is 2. The molecule has 20 heavy (non-hydrogen) atoms. The highest BCUT2D eigenvalue weighted by Crippen LogP contribution is 2.24. The van der Waals surface area contributed by atoms with Crippen molar-refractivity contribution in [1.29, 1.82) is 0 Å². The molecule has 102 valence electrons. The molecule has 0 aliphatic rings. The number of fused-ring (bicyclic) bond motifs is 1. The van der Waals surface area contributed by atoms with Crippen LogP contribution in [0.5, 0.6) is 5.75 Å². The maximum Gasteiger partial charge on any atom is 0.153 e. The van der Waals surface area contributed by atoms with Crippen LogP contribution in [0.3, 0.4) is 0 Å². The molecule has 3 nitrogen and oxygen atoms in total. The number of ether oxygens (including phenoxy) is 1. The summed E-state index contributed by atoms with van der Waals surface area (Å²) in [4.78, 5) is 4.67. The van der Waals surface area contributed by atoms with Crippen molar-refractivity contribution >= 4 is 11.0 Å². The molecule has 0 radical (unpaired) electrons. The zero-order valence-corrected chi connectivity index (χ0v) is 12.0. The van der Waals surface area contributed by atoms with Gasteiger partial charge in [0.05, 0.1) is 11.0 Å². The number of hydrogen-bond acceptors (Lipinski definition) is 2. The standard InChI is InChI=1S/C17H18N2O/c1-12-7-6-8-14(11-12)20-13(2)17-18-15-9-4-5-10-16(15)19(17)3/h4-11,13H,1-3H3/t13-/m0/s1. The number of aromatic nitrogens is 2. The minimum absolute atomic E-state index is 0.0887. The van der Waals surface area contributed by atoms with E-state index in [4.69, 9.17) is 4.74 Å². The minimum atomic E-state index is -0.0887. The van der Waals surface area contributed by atoms with Crippen molar-refractivity contribution in [1.82, 2.24) is 9.55 Å². The van der Waals surface area contributed by atoms with Gasteiger partial charge in [-0.3, -0.25) is 0 Å². The molecule has 0 aliphatic carbocycles. The fourth-order valence-corrected chi connectivity index (χ4v) is 2.47. The Morgan fingerprint density at radius 3 is 2.65 bits per heavy atom. The van der Waals surface area contributed by atoms with Crippen molar-refractivity contribution in [3.8, 4) is 5.75 Å². The highest BCUT2D eigenvalue weighted by Gasteiger charge is 2.15. The van der Waals surface area contributed by atoms with E-state index in [1.165, 1.54) is 5.56 Å². The van der Waals surface area contributed by atoms with Crippen molar-refractivity contribution < 1.29 is 4.74 Å². The lowest BCUT2D eigenvalue weighted by atomic mass is 10.2. The van der Waals surface area contributed by atoms with Crippen LogP contribution in [0, 0.1) is 6.92 Å².